The number of carbonyl (C=O) groups excluding carboxylic acids is 2. The standard InChI is InChI=1S/C30H28N4O3/c1-18(2)33-15-23-27(21-8-4-9-22(13-21)37-17-20-7-6-12-31-14-20)29-25(16-34(19(3)35)30(29)36)32-24-10-5-11-26(33)28(23)24/h4-15,18,27,32H,16-17H2,1-3H3. The molecule has 7 heteroatoms. The summed E-state index contributed by atoms with van der Waals surface area (Å²) in [6, 6.07) is 18.2. The number of ether oxygens (including phenoxy) is 1. The number of benzene rings is 2. The van der Waals surface area contributed by atoms with E-state index in [2.05, 4.69) is 41.0 Å². The molecule has 37 heavy (non-hydrogen) atoms. The zero-order valence-corrected chi connectivity index (χ0v) is 21.1. The molecule has 2 aliphatic heterocycles. The fourth-order valence-electron chi connectivity index (χ4n) is 5.44. The number of carbonyl (C=O) groups is 2. The fraction of sp³-hybridized carbons (Fsp3) is 0.233. The van der Waals surface area contributed by atoms with Gasteiger partial charge >= 0.3 is 0 Å². The highest BCUT2D eigenvalue weighted by Gasteiger charge is 2.41. The number of hydrogen-bond acceptors (Lipinski definition) is 5. The zero-order valence-electron chi connectivity index (χ0n) is 21.1. The van der Waals surface area contributed by atoms with E-state index in [1.807, 2.05) is 48.5 Å². The first kappa shape index (κ1) is 23.0. The van der Waals surface area contributed by atoms with Crippen molar-refractivity contribution in [2.45, 2.75) is 39.3 Å². The van der Waals surface area contributed by atoms with Gasteiger partial charge in [-0.3, -0.25) is 19.5 Å². The van der Waals surface area contributed by atoms with Gasteiger partial charge in [0.2, 0.25) is 5.91 Å². The third-order valence-electron chi connectivity index (χ3n) is 7.15. The predicted octanol–water partition coefficient (Wildman–Crippen LogP) is 5.40. The van der Waals surface area contributed by atoms with Gasteiger partial charge in [0.1, 0.15) is 12.4 Å². The molecule has 7 nitrogen and oxygen atoms in total. The summed E-state index contributed by atoms with van der Waals surface area (Å²) >= 11 is 0. The summed E-state index contributed by atoms with van der Waals surface area (Å²) in [5, 5.41) is 4.62. The maximum Gasteiger partial charge on any atom is 0.259 e. The van der Waals surface area contributed by atoms with Crippen molar-refractivity contribution in [1.29, 1.82) is 0 Å². The van der Waals surface area contributed by atoms with Crippen LogP contribution in [0.4, 0.5) is 5.69 Å². The Labute approximate surface area is 215 Å². The molecule has 1 atom stereocenters. The van der Waals surface area contributed by atoms with Crippen LogP contribution in [0.2, 0.25) is 0 Å². The summed E-state index contributed by atoms with van der Waals surface area (Å²) < 4.78 is 8.36. The van der Waals surface area contributed by atoms with Crippen LogP contribution in [0.15, 0.2) is 84.5 Å². The van der Waals surface area contributed by atoms with E-state index < -0.39 is 0 Å². The van der Waals surface area contributed by atoms with Gasteiger partial charge in [-0.25, -0.2) is 0 Å². The van der Waals surface area contributed by atoms with Crippen LogP contribution in [0.3, 0.4) is 0 Å². The van der Waals surface area contributed by atoms with Crippen LogP contribution in [0.5, 0.6) is 5.75 Å². The summed E-state index contributed by atoms with van der Waals surface area (Å²) in [6.07, 6.45) is 5.68. The van der Waals surface area contributed by atoms with Gasteiger partial charge < -0.3 is 14.6 Å². The number of hydrogen-bond donors (Lipinski definition) is 1. The summed E-state index contributed by atoms with van der Waals surface area (Å²) in [5.41, 5.74) is 6.40. The average Bonchev–Trinajstić information content (AvgIpc) is 3.39. The monoisotopic (exact) mass is 492 g/mol. The largest absolute Gasteiger partial charge is 0.489 e. The van der Waals surface area contributed by atoms with Crippen molar-refractivity contribution in [1.82, 2.24) is 14.5 Å². The van der Waals surface area contributed by atoms with E-state index in [0.29, 0.717) is 17.9 Å². The van der Waals surface area contributed by atoms with Crippen LogP contribution >= 0.6 is 0 Å². The minimum atomic E-state index is -0.354. The number of pyridine rings is 1. The molecular formula is C30H28N4O3. The van der Waals surface area contributed by atoms with E-state index in [-0.39, 0.29) is 30.3 Å². The fourth-order valence-corrected chi connectivity index (χ4v) is 5.44. The van der Waals surface area contributed by atoms with E-state index in [0.717, 1.165) is 39.0 Å². The van der Waals surface area contributed by atoms with Crippen molar-refractivity contribution >= 4 is 28.4 Å². The van der Waals surface area contributed by atoms with Crippen LogP contribution in [-0.2, 0) is 16.2 Å². The molecule has 0 saturated heterocycles. The van der Waals surface area contributed by atoms with E-state index in [1.54, 1.807) is 12.4 Å². The van der Waals surface area contributed by atoms with Gasteiger partial charge in [0.15, 0.2) is 0 Å². The van der Waals surface area contributed by atoms with Crippen molar-refractivity contribution in [2.75, 3.05) is 11.9 Å². The number of nitrogens with zero attached hydrogens (tertiary/aromatic N) is 3. The molecule has 186 valence electrons. The lowest BCUT2D eigenvalue weighted by atomic mass is 9.84. The van der Waals surface area contributed by atoms with Crippen molar-refractivity contribution in [3.63, 3.8) is 0 Å². The first-order chi connectivity index (χ1) is 17.9. The van der Waals surface area contributed by atoms with Crippen molar-refractivity contribution in [3.05, 3.63) is 101 Å². The topological polar surface area (TPSA) is 76.5 Å². The Bertz CT molecular complexity index is 1570. The molecular weight excluding hydrogens is 464 g/mol. The molecule has 4 aromatic rings. The Morgan fingerprint density at radius 2 is 2.00 bits per heavy atom. The van der Waals surface area contributed by atoms with Gasteiger partial charge in [-0.05, 0) is 55.3 Å². The van der Waals surface area contributed by atoms with Crippen LogP contribution in [0.1, 0.15) is 49.4 Å². The Morgan fingerprint density at radius 1 is 1.16 bits per heavy atom. The highest BCUT2D eigenvalue weighted by Crippen LogP contribution is 2.47. The minimum absolute atomic E-state index is 0.238. The molecule has 2 aromatic heterocycles. The first-order valence-corrected chi connectivity index (χ1v) is 12.5. The normalized spacial score (nSPS) is 16.7. The summed E-state index contributed by atoms with van der Waals surface area (Å²) in [4.78, 5) is 31.5. The van der Waals surface area contributed by atoms with Crippen molar-refractivity contribution in [3.8, 4) is 5.75 Å². The molecule has 1 unspecified atom stereocenters. The third-order valence-corrected chi connectivity index (χ3v) is 7.15. The molecule has 1 N–H and O–H groups in total. The van der Waals surface area contributed by atoms with Crippen LogP contribution in [-0.4, -0.2) is 32.8 Å². The number of rotatable bonds is 5. The molecule has 2 amide bonds. The molecule has 2 aromatic carbocycles. The van der Waals surface area contributed by atoms with Crippen LogP contribution in [0.25, 0.3) is 10.9 Å². The molecule has 4 heterocycles. The van der Waals surface area contributed by atoms with Gasteiger partial charge in [0.25, 0.3) is 5.91 Å². The highest BCUT2D eigenvalue weighted by molar-refractivity contribution is 6.11. The van der Waals surface area contributed by atoms with Gasteiger partial charge in [0.05, 0.1) is 17.6 Å². The SMILES string of the molecule is CC(=O)N1CC2=C(C1=O)C(c1cccc(OCc3cccnc3)c1)c1cn(C(C)C)c3cccc(c13)N2. The maximum absolute atomic E-state index is 13.7. The first-order valence-electron chi connectivity index (χ1n) is 12.5. The Balaban J connectivity index is 1.50. The highest BCUT2D eigenvalue weighted by atomic mass is 16.5. The number of amides is 2. The third kappa shape index (κ3) is 3.87. The molecule has 6 rings (SSSR count). The Morgan fingerprint density at radius 3 is 2.76 bits per heavy atom. The second-order valence-corrected chi connectivity index (χ2v) is 9.87. The van der Waals surface area contributed by atoms with Gasteiger partial charge in [-0.15, -0.1) is 0 Å². The Kier molecular flexibility index (Phi) is 5.56. The van der Waals surface area contributed by atoms with Crippen LogP contribution < -0.4 is 10.1 Å². The molecule has 0 aliphatic carbocycles. The lowest BCUT2D eigenvalue weighted by molar-refractivity contribution is -0.139. The van der Waals surface area contributed by atoms with Gasteiger partial charge in [-0.2, -0.15) is 0 Å². The number of imide groups is 1. The molecule has 0 bridgehead atoms. The average molecular weight is 493 g/mol. The van der Waals surface area contributed by atoms with Crippen molar-refractivity contribution in [2.24, 2.45) is 0 Å². The van der Waals surface area contributed by atoms with Crippen LogP contribution in [0, 0.1) is 0 Å². The summed E-state index contributed by atoms with van der Waals surface area (Å²) in [7, 11) is 0. The summed E-state index contributed by atoms with van der Waals surface area (Å²) in [5.74, 6) is -0.153. The second-order valence-electron chi connectivity index (χ2n) is 9.87. The van der Waals surface area contributed by atoms with E-state index in [9.17, 15) is 9.59 Å². The molecule has 0 spiro atoms. The molecule has 2 aliphatic rings. The van der Waals surface area contributed by atoms with Crippen molar-refractivity contribution < 1.29 is 14.3 Å². The number of anilines is 1. The maximum atomic E-state index is 13.7. The van der Waals surface area contributed by atoms with E-state index >= 15 is 0 Å². The smallest absolute Gasteiger partial charge is 0.259 e. The number of nitrogens with one attached hydrogen (secondary N) is 1. The van der Waals surface area contributed by atoms with Gasteiger partial charge in [-0.1, -0.05) is 24.3 Å². The molecule has 0 fully saturated rings. The summed E-state index contributed by atoms with van der Waals surface area (Å²) in [6.45, 7) is 6.38. The minimum Gasteiger partial charge on any atom is -0.489 e. The molecule has 0 saturated carbocycles. The van der Waals surface area contributed by atoms with E-state index in [1.165, 1.54) is 11.8 Å². The lowest BCUT2D eigenvalue weighted by Crippen LogP contribution is -2.33. The molecule has 0 radical (unpaired) electrons. The van der Waals surface area contributed by atoms with Gasteiger partial charge in [0, 0.05) is 59.8 Å². The predicted molar refractivity (Wildman–Crippen MR) is 142 cm³/mol. The number of aromatic nitrogens is 2. The second kappa shape index (κ2) is 8.92. The Hall–Kier alpha value is -4.39. The zero-order chi connectivity index (χ0) is 25.7. The van der Waals surface area contributed by atoms with E-state index in [4.69, 9.17) is 4.74 Å². The quantitative estimate of drug-likeness (QED) is 0.404. The lowest BCUT2D eigenvalue weighted by Gasteiger charge is -2.20.